The monoisotopic (exact) mass is 565 g/mol. The Morgan fingerprint density at radius 3 is 2.49 bits per heavy atom. The lowest BCUT2D eigenvalue weighted by atomic mass is 10.0. The molecular formula is C27H35N9O5. The summed E-state index contributed by atoms with van der Waals surface area (Å²) in [6.45, 7) is 2.43. The SMILES string of the molecule is COc1cc(-n2cnc(Nc3nc(N4CCC[C@H]4C(N)=O)nc4c3CCN(CCC(N)=O)C4)c2)cc(OC)c1OC. The molecule has 2 aliphatic rings. The molecule has 41 heavy (non-hydrogen) atoms. The number of nitrogens with two attached hydrogens (primary N) is 2. The van der Waals surface area contributed by atoms with E-state index in [1.807, 2.05) is 27.8 Å². The number of carbonyl (C=O) groups is 2. The maximum atomic E-state index is 12.1. The lowest BCUT2D eigenvalue weighted by Gasteiger charge is -2.30. The van der Waals surface area contributed by atoms with Crippen LogP contribution in [0.15, 0.2) is 24.7 Å². The Morgan fingerprint density at radius 2 is 1.83 bits per heavy atom. The minimum Gasteiger partial charge on any atom is -0.493 e. The third kappa shape index (κ3) is 5.82. The summed E-state index contributed by atoms with van der Waals surface area (Å²) >= 11 is 0. The molecule has 0 radical (unpaired) electrons. The van der Waals surface area contributed by atoms with E-state index in [2.05, 4.69) is 15.2 Å². The number of hydrogen-bond donors (Lipinski definition) is 3. The quantitative estimate of drug-likeness (QED) is 0.304. The van der Waals surface area contributed by atoms with Crippen molar-refractivity contribution in [3.8, 4) is 22.9 Å². The van der Waals surface area contributed by atoms with Gasteiger partial charge < -0.3 is 40.5 Å². The van der Waals surface area contributed by atoms with Crippen LogP contribution in [0.1, 0.15) is 30.5 Å². The lowest BCUT2D eigenvalue weighted by molar-refractivity contribution is -0.119. The number of ether oxygens (including phenoxy) is 3. The zero-order valence-electron chi connectivity index (χ0n) is 23.4. The second-order valence-corrected chi connectivity index (χ2v) is 9.97. The molecule has 4 heterocycles. The number of nitrogens with one attached hydrogen (secondary N) is 1. The van der Waals surface area contributed by atoms with Crippen LogP contribution < -0.4 is 35.9 Å². The van der Waals surface area contributed by atoms with Gasteiger partial charge in [-0.25, -0.2) is 9.97 Å². The predicted molar refractivity (Wildman–Crippen MR) is 151 cm³/mol. The van der Waals surface area contributed by atoms with Gasteiger partial charge in [0.1, 0.15) is 24.0 Å². The standard InChI is InChI=1S/C27H35N9O5/c1-39-20-11-16(12-21(40-2)24(20)41-3)35-14-23(30-15-35)32-26-17-6-9-34(10-7-22(28)37)13-18(17)31-27(33-26)36-8-4-5-19(36)25(29)38/h11-12,14-15,19H,4-10,13H2,1-3H3,(H2,28,37)(H2,29,38)(H,31,32,33)/t19-/m0/s1. The Kier molecular flexibility index (Phi) is 8.10. The summed E-state index contributed by atoms with van der Waals surface area (Å²) in [5.41, 5.74) is 13.6. The minimum atomic E-state index is -0.463. The molecule has 1 saturated heterocycles. The fraction of sp³-hybridized carbons (Fsp3) is 0.444. The second kappa shape index (κ2) is 11.9. The number of aromatic nitrogens is 4. The number of methoxy groups -OCH3 is 3. The van der Waals surface area contributed by atoms with Crippen molar-refractivity contribution in [2.24, 2.45) is 11.5 Å². The second-order valence-electron chi connectivity index (χ2n) is 9.97. The number of nitrogens with zero attached hydrogens (tertiary/aromatic N) is 6. The highest BCUT2D eigenvalue weighted by Crippen LogP contribution is 2.39. The smallest absolute Gasteiger partial charge is 0.240 e. The molecule has 14 nitrogen and oxygen atoms in total. The first-order valence-electron chi connectivity index (χ1n) is 13.4. The Labute approximate surface area is 237 Å². The largest absolute Gasteiger partial charge is 0.493 e. The lowest BCUT2D eigenvalue weighted by Crippen LogP contribution is -2.42. The van der Waals surface area contributed by atoms with Crippen molar-refractivity contribution < 1.29 is 23.8 Å². The first-order valence-corrected chi connectivity index (χ1v) is 13.4. The van der Waals surface area contributed by atoms with Gasteiger partial charge in [-0.1, -0.05) is 0 Å². The van der Waals surface area contributed by atoms with Crippen LogP contribution in [0.25, 0.3) is 5.69 Å². The summed E-state index contributed by atoms with van der Waals surface area (Å²) in [4.78, 5) is 41.8. The maximum absolute atomic E-state index is 12.1. The van der Waals surface area contributed by atoms with Gasteiger partial charge in [0, 0.05) is 50.3 Å². The molecule has 5 N–H and O–H groups in total. The molecule has 2 aliphatic heterocycles. The van der Waals surface area contributed by atoms with Crippen molar-refractivity contribution in [3.05, 3.63) is 35.9 Å². The number of carbonyl (C=O) groups excluding carboxylic acids is 2. The van der Waals surface area contributed by atoms with Crippen LogP contribution in [-0.4, -0.2) is 83.2 Å². The van der Waals surface area contributed by atoms with Crippen molar-refractivity contribution in [1.29, 1.82) is 0 Å². The number of primary amides is 2. The molecule has 0 unspecified atom stereocenters. The van der Waals surface area contributed by atoms with Gasteiger partial charge in [0.25, 0.3) is 0 Å². The average molecular weight is 566 g/mol. The molecule has 14 heteroatoms. The molecule has 0 saturated carbocycles. The summed E-state index contributed by atoms with van der Waals surface area (Å²) in [5.74, 6) is 2.42. The minimum absolute atomic E-state index is 0.270. The third-order valence-corrected chi connectivity index (χ3v) is 7.42. The van der Waals surface area contributed by atoms with Gasteiger partial charge in [-0.05, 0) is 19.3 Å². The highest BCUT2D eigenvalue weighted by Gasteiger charge is 2.33. The number of fused-ring (bicyclic) bond motifs is 1. The molecule has 0 aliphatic carbocycles. The Bertz CT molecular complexity index is 1420. The molecular weight excluding hydrogens is 530 g/mol. The first-order chi connectivity index (χ1) is 19.8. The number of imidazole rings is 1. The molecule has 3 aromatic rings. The van der Waals surface area contributed by atoms with Crippen LogP contribution in [0, 0.1) is 0 Å². The summed E-state index contributed by atoms with van der Waals surface area (Å²) in [5, 5.41) is 3.37. The van der Waals surface area contributed by atoms with E-state index >= 15 is 0 Å². The molecule has 2 aromatic heterocycles. The van der Waals surface area contributed by atoms with E-state index in [4.69, 9.17) is 35.6 Å². The molecule has 1 aromatic carbocycles. The molecule has 1 fully saturated rings. The number of rotatable bonds is 11. The zero-order valence-corrected chi connectivity index (χ0v) is 23.4. The fourth-order valence-corrected chi connectivity index (χ4v) is 5.33. The van der Waals surface area contributed by atoms with Crippen molar-refractivity contribution in [1.82, 2.24) is 24.4 Å². The van der Waals surface area contributed by atoms with Crippen molar-refractivity contribution >= 4 is 29.4 Å². The van der Waals surface area contributed by atoms with E-state index in [9.17, 15) is 9.59 Å². The van der Waals surface area contributed by atoms with Crippen molar-refractivity contribution in [2.45, 2.75) is 38.3 Å². The average Bonchev–Trinajstić information content (AvgIpc) is 3.65. The number of benzene rings is 1. The van der Waals surface area contributed by atoms with E-state index in [0.717, 1.165) is 29.9 Å². The summed E-state index contributed by atoms with van der Waals surface area (Å²) < 4.78 is 18.3. The maximum Gasteiger partial charge on any atom is 0.240 e. The van der Waals surface area contributed by atoms with E-state index in [1.54, 1.807) is 27.7 Å². The third-order valence-electron chi connectivity index (χ3n) is 7.42. The van der Waals surface area contributed by atoms with Crippen LogP contribution in [0.2, 0.25) is 0 Å². The molecule has 1 atom stereocenters. The van der Waals surface area contributed by atoms with Crippen LogP contribution in [0.5, 0.6) is 17.2 Å². The predicted octanol–water partition coefficient (Wildman–Crippen LogP) is 1.12. The van der Waals surface area contributed by atoms with Crippen LogP contribution in [-0.2, 0) is 22.6 Å². The number of anilines is 3. The Morgan fingerprint density at radius 1 is 1.07 bits per heavy atom. The van der Waals surface area contributed by atoms with Crippen LogP contribution >= 0.6 is 0 Å². The summed E-state index contributed by atoms with van der Waals surface area (Å²) in [7, 11) is 4.69. The highest BCUT2D eigenvalue weighted by atomic mass is 16.5. The van der Waals surface area contributed by atoms with E-state index in [0.29, 0.717) is 67.3 Å². The van der Waals surface area contributed by atoms with Gasteiger partial charge in [-0.2, -0.15) is 4.98 Å². The van der Waals surface area contributed by atoms with Gasteiger partial charge in [0.05, 0.1) is 38.9 Å². The molecule has 218 valence electrons. The normalized spacial score (nSPS) is 16.8. The van der Waals surface area contributed by atoms with Crippen LogP contribution in [0.3, 0.4) is 0 Å². The number of hydrogen-bond acceptors (Lipinski definition) is 11. The van der Waals surface area contributed by atoms with Gasteiger partial charge in [-0.3, -0.25) is 14.5 Å². The van der Waals surface area contributed by atoms with Gasteiger partial charge in [0.2, 0.25) is 23.5 Å². The van der Waals surface area contributed by atoms with E-state index < -0.39 is 11.9 Å². The molecule has 0 bridgehead atoms. The summed E-state index contributed by atoms with van der Waals surface area (Å²) in [6.07, 6.45) is 5.92. The van der Waals surface area contributed by atoms with Crippen molar-refractivity contribution in [3.63, 3.8) is 0 Å². The first kappa shape index (κ1) is 28.0. The topological polar surface area (TPSA) is 176 Å². The number of amides is 2. The fourth-order valence-electron chi connectivity index (χ4n) is 5.33. The van der Waals surface area contributed by atoms with Crippen LogP contribution in [0.4, 0.5) is 17.6 Å². The summed E-state index contributed by atoms with van der Waals surface area (Å²) in [6, 6.07) is 3.19. The Hall–Kier alpha value is -4.59. The zero-order chi connectivity index (χ0) is 29.1. The van der Waals surface area contributed by atoms with E-state index in [-0.39, 0.29) is 12.3 Å². The van der Waals surface area contributed by atoms with Gasteiger partial charge in [0.15, 0.2) is 11.5 Å². The molecule has 0 spiro atoms. The Balaban J connectivity index is 1.47. The highest BCUT2D eigenvalue weighted by molar-refractivity contribution is 5.83. The van der Waals surface area contributed by atoms with Crippen molar-refractivity contribution in [2.75, 3.05) is 51.2 Å². The molecule has 2 amide bonds. The molecule has 5 rings (SSSR count). The van der Waals surface area contributed by atoms with E-state index in [1.165, 1.54) is 0 Å². The van der Waals surface area contributed by atoms with Gasteiger partial charge in [-0.15, -0.1) is 0 Å². The van der Waals surface area contributed by atoms with Gasteiger partial charge >= 0.3 is 0 Å².